The molecule has 0 saturated heterocycles. The molecule has 0 radical (unpaired) electrons. The zero-order valence-corrected chi connectivity index (χ0v) is 17.2. The summed E-state index contributed by atoms with van der Waals surface area (Å²) in [7, 11) is 1.54. The number of Topliss-reactive ketones (excluding diaryl/α,β-unsaturated/α-hetero) is 1. The van der Waals surface area contributed by atoms with Gasteiger partial charge in [-0.25, -0.2) is 13.2 Å². The highest BCUT2D eigenvalue weighted by molar-refractivity contribution is 6.15. The van der Waals surface area contributed by atoms with Gasteiger partial charge in [-0.1, -0.05) is 12.1 Å². The number of allylic oxidation sites excluding steroid dienone is 1. The Balaban J connectivity index is 1.60. The normalized spacial score (nSPS) is 17.9. The Morgan fingerprint density at radius 3 is 2.33 bits per heavy atom. The first kappa shape index (κ1) is 20.8. The van der Waals surface area contributed by atoms with Crippen LogP contribution in [0.2, 0.25) is 0 Å². The molecular weight excluding hydrogens is 437 g/mol. The van der Waals surface area contributed by atoms with Crippen LogP contribution in [-0.2, 0) is 4.79 Å². The zero-order valence-electron chi connectivity index (χ0n) is 17.2. The highest BCUT2D eigenvalue weighted by Crippen LogP contribution is 2.49. The van der Waals surface area contributed by atoms with E-state index in [1.165, 1.54) is 12.1 Å². The van der Waals surface area contributed by atoms with Crippen LogP contribution in [-0.4, -0.2) is 18.9 Å². The molecule has 166 valence electrons. The molecule has 0 aromatic heterocycles. The lowest BCUT2D eigenvalue weighted by Crippen LogP contribution is -2.22. The number of benzene rings is 3. The van der Waals surface area contributed by atoms with E-state index >= 15 is 0 Å². The summed E-state index contributed by atoms with van der Waals surface area (Å²) in [6.45, 7) is 0. The van der Waals surface area contributed by atoms with Crippen molar-refractivity contribution in [2.24, 2.45) is 0 Å². The SMILES string of the molecule is COc1ccc(C=C2Oc3c(ccc4c3C(c3cc(F)c(F)c(F)c3)CC(=O)O4)C2=O)cc1. The molecule has 3 aromatic carbocycles. The first-order valence-corrected chi connectivity index (χ1v) is 9.96. The van der Waals surface area contributed by atoms with E-state index in [9.17, 15) is 22.8 Å². The lowest BCUT2D eigenvalue weighted by atomic mass is 9.84. The summed E-state index contributed by atoms with van der Waals surface area (Å²) in [6.07, 6.45) is 1.29. The monoisotopic (exact) mass is 452 g/mol. The summed E-state index contributed by atoms with van der Waals surface area (Å²) in [6, 6.07) is 11.5. The van der Waals surface area contributed by atoms with Crippen LogP contribution >= 0.6 is 0 Å². The van der Waals surface area contributed by atoms with Crippen molar-refractivity contribution in [2.45, 2.75) is 12.3 Å². The molecule has 1 unspecified atom stereocenters. The average Bonchev–Trinajstić information content (AvgIpc) is 3.12. The minimum absolute atomic E-state index is 0.0290. The predicted octanol–water partition coefficient (Wildman–Crippen LogP) is 5.17. The standard InChI is InChI=1S/C25H15F3O5/c1-31-14-4-2-12(3-5-14)8-20-24(30)15-6-7-19-22(25(15)33-20)16(11-21(29)32-19)13-9-17(26)23(28)18(27)10-13/h2-10,16H,11H2,1H3. The molecule has 0 bridgehead atoms. The highest BCUT2D eigenvalue weighted by Gasteiger charge is 2.39. The van der Waals surface area contributed by atoms with Crippen LogP contribution in [0.4, 0.5) is 13.2 Å². The molecule has 0 saturated carbocycles. The van der Waals surface area contributed by atoms with Gasteiger partial charge in [0.05, 0.1) is 19.1 Å². The molecule has 0 N–H and O–H groups in total. The second-order valence-corrected chi connectivity index (χ2v) is 7.60. The zero-order chi connectivity index (χ0) is 23.3. The molecule has 0 aliphatic carbocycles. The third-order valence-electron chi connectivity index (χ3n) is 5.60. The molecule has 2 aliphatic rings. The molecule has 5 nitrogen and oxygen atoms in total. The van der Waals surface area contributed by atoms with Crippen LogP contribution < -0.4 is 14.2 Å². The minimum Gasteiger partial charge on any atom is -0.497 e. The van der Waals surface area contributed by atoms with Gasteiger partial charge in [-0.3, -0.25) is 9.59 Å². The van der Waals surface area contributed by atoms with E-state index in [-0.39, 0.29) is 34.8 Å². The number of carbonyl (C=O) groups is 2. The number of hydrogen-bond acceptors (Lipinski definition) is 5. The van der Waals surface area contributed by atoms with E-state index in [0.29, 0.717) is 16.9 Å². The number of methoxy groups -OCH3 is 1. The van der Waals surface area contributed by atoms with Crippen molar-refractivity contribution in [1.82, 2.24) is 0 Å². The molecule has 33 heavy (non-hydrogen) atoms. The Labute approximate surface area is 186 Å². The van der Waals surface area contributed by atoms with Gasteiger partial charge in [0, 0.05) is 11.5 Å². The fraction of sp³-hybridized carbons (Fsp3) is 0.120. The summed E-state index contributed by atoms with van der Waals surface area (Å²) in [5.41, 5.74) is 1.23. The van der Waals surface area contributed by atoms with Crippen molar-refractivity contribution in [3.05, 3.63) is 94.0 Å². The summed E-state index contributed by atoms with van der Waals surface area (Å²) < 4.78 is 57.6. The van der Waals surface area contributed by atoms with Crippen LogP contribution in [0.3, 0.4) is 0 Å². The number of halogens is 3. The van der Waals surface area contributed by atoms with Gasteiger partial charge < -0.3 is 14.2 Å². The van der Waals surface area contributed by atoms with Gasteiger partial charge in [-0.2, -0.15) is 0 Å². The van der Waals surface area contributed by atoms with E-state index in [1.54, 1.807) is 37.5 Å². The first-order chi connectivity index (χ1) is 15.9. The number of esters is 1. The Kier molecular flexibility index (Phi) is 4.92. The third kappa shape index (κ3) is 3.53. The maximum atomic E-state index is 13.9. The quantitative estimate of drug-likeness (QED) is 0.238. The van der Waals surface area contributed by atoms with Crippen LogP contribution in [0, 0.1) is 17.5 Å². The van der Waals surface area contributed by atoms with Crippen LogP contribution in [0.15, 0.2) is 54.3 Å². The van der Waals surface area contributed by atoms with E-state index in [2.05, 4.69) is 0 Å². The second-order valence-electron chi connectivity index (χ2n) is 7.60. The Morgan fingerprint density at radius 2 is 1.67 bits per heavy atom. The van der Waals surface area contributed by atoms with Crippen LogP contribution in [0.1, 0.15) is 39.4 Å². The van der Waals surface area contributed by atoms with Gasteiger partial charge in [-0.05, 0) is 53.6 Å². The topological polar surface area (TPSA) is 61.8 Å². The van der Waals surface area contributed by atoms with Crippen LogP contribution in [0.5, 0.6) is 17.2 Å². The first-order valence-electron chi connectivity index (χ1n) is 9.96. The van der Waals surface area contributed by atoms with Gasteiger partial charge in [0.25, 0.3) is 0 Å². The Bertz CT molecular complexity index is 1320. The lowest BCUT2D eigenvalue weighted by molar-refractivity contribution is -0.135. The molecule has 2 aliphatic heterocycles. The molecule has 8 heteroatoms. The van der Waals surface area contributed by atoms with E-state index in [0.717, 1.165) is 12.1 Å². The number of ether oxygens (including phenoxy) is 3. The number of hydrogen-bond donors (Lipinski definition) is 0. The van der Waals surface area contributed by atoms with Gasteiger partial charge >= 0.3 is 5.97 Å². The largest absolute Gasteiger partial charge is 0.497 e. The Hall–Kier alpha value is -4.07. The fourth-order valence-corrected chi connectivity index (χ4v) is 4.02. The van der Waals surface area contributed by atoms with Crippen molar-refractivity contribution in [3.63, 3.8) is 0 Å². The van der Waals surface area contributed by atoms with Crippen molar-refractivity contribution < 1.29 is 37.0 Å². The summed E-state index contributed by atoms with van der Waals surface area (Å²) in [4.78, 5) is 25.1. The molecular formula is C25H15F3O5. The molecule has 1 atom stereocenters. The van der Waals surface area contributed by atoms with Crippen molar-refractivity contribution in [2.75, 3.05) is 7.11 Å². The van der Waals surface area contributed by atoms with E-state index in [1.807, 2.05) is 0 Å². The van der Waals surface area contributed by atoms with Gasteiger partial charge in [-0.15, -0.1) is 0 Å². The van der Waals surface area contributed by atoms with Crippen molar-refractivity contribution in [1.29, 1.82) is 0 Å². The van der Waals surface area contributed by atoms with Gasteiger partial charge in [0.15, 0.2) is 23.2 Å². The second kappa shape index (κ2) is 7.81. The van der Waals surface area contributed by atoms with E-state index in [4.69, 9.17) is 14.2 Å². The summed E-state index contributed by atoms with van der Waals surface area (Å²) >= 11 is 0. The predicted molar refractivity (Wildman–Crippen MR) is 111 cm³/mol. The summed E-state index contributed by atoms with van der Waals surface area (Å²) in [5, 5.41) is 0. The van der Waals surface area contributed by atoms with Gasteiger partial charge in [0.2, 0.25) is 5.78 Å². The Morgan fingerprint density at radius 1 is 0.970 bits per heavy atom. The molecule has 0 amide bonds. The third-order valence-corrected chi connectivity index (χ3v) is 5.60. The fourth-order valence-electron chi connectivity index (χ4n) is 4.02. The maximum absolute atomic E-state index is 13.9. The number of carbonyl (C=O) groups excluding carboxylic acids is 2. The highest BCUT2D eigenvalue weighted by atomic mass is 19.2. The molecule has 3 aromatic rings. The minimum atomic E-state index is -1.60. The number of fused-ring (bicyclic) bond motifs is 3. The van der Waals surface area contributed by atoms with Crippen LogP contribution in [0.25, 0.3) is 6.08 Å². The van der Waals surface area contributed by atoms with Crippen molar-refractivity contribution in [3.8, 4) is 17.2 Å². The molecule has 5 rings (SSSR count). The molecule has 2 heterocycles. The molecule has 0 spiro atoms. The lowest BCUT2D eigenvalue weighted by Gasteiger charge is -2.26. The number of rotatable bonds is 3. The molecule has 0 fully saturated rings. The van der Waals surface area contributed by atoms with Gasteiger partial charge in [0.1, 0.15) is 17.2 Å². The summed E-state index contributed by atoms with van der Waals surface area (Å²) in [5.74, 6) is -5.34. The average molecular weight is 452 g/mol. The maximum Gasteiger partial charge on any atom is 0.312 e. The van der Waals surface area contributed by atoms with Crippen molar-refractivity contribution >= 4 is 17.8 Å². The number of ketones is 1. The van der Waals surface area contributed by atoms with E-state index < -0.39 is 35.1 Å². The smallest absolute Gasteiger partial charge is 0.312 e.